The fourth-order valence-corrected chi connectivity index (χ4v) is 3.57. The summed E-state index contributed by atoms with van der Waals surface area (Å²) in [7, 11) is 1.22. The number of rotatable bonds is 4. The SMILES string of the molecule is COC(=O)[C@H](C)N1C(=O)S/C(=C/c2cccn2-c2ccc(C)cc2)C1=O. The lowest BCUT2D eigenvalue weighted by atomic mass is 10.2. The third-order valence-corrected chi connectivity index (χ3v) is 5.01. The second kappa shape index (κ2) is 7.21. The number of thioether (sulfide) groups is 1. The molecule has 0 radical (unpaired) electrons. The average molecular weight is 370 g/mol. The van der Waals surface area contributed by atoms with Crippen molar-refractivity contribution in [1.82, 2.24) is 9.47 Å². The van der Waals surface area contributed by atoms with E-state index in [1.165, 1.54) is 14.0 Å². The first-order chi connectivity index (χ1) is 12.4. The van der Waals surface area contributed by atoms with Crippen molar-refractivity contribution in [2.75, 3.05) is 7.11 Å². The molecule has 1 saturated heterocycles. The van der Waals surface area contributed by atoms with E-state index in [1.54, 1.807) is 6.08 Å². The van der Waals surface area contributed by atoms with Crippen molar-refractivity contribution in [2.24, 2.45) is 0 Å². The van der Waals surface area contributed by atoms with Crippen LogP contribution >= 0.6 is 11.8 Å². The van der Waals surface area contributed by atoms with E-state index in [0.29, 0.717) is 0 Å². The largest absolute Gasteiger partial charge is 0.467 e. The Hall–Kier alpha value is -2.80. The molecule has 0 spiro atoms. The van der Waals surface area contributed by atoms with Gasteiger partial charge in [0.05, 0.1) is 12.0 Å². The Morgan fingerprint density at radius 3 is 2.54 bits per heavy atom. The number of ether oxygens (including phenoxy) is 1. The third kappa shape index (κ3) is 3.30. The molecule has 3 rings (SSSR count). The van der Waals surface area contributed by atoms with E-state index in [-0.39, 0.29) is 4.91 Å². The number of carbonyl (C=O) groups excluding carboxylic acids is 3. The van der Waals surface area contributed by atoms with Gasteiger partial charge in [0, 0.05) is 17.6 Å². The minimum absolute atomic E-state index is 0.276. The van der Waals surface area contributed by atoms with Gasteiger partial charge >= 0.3 is 5.97 Å². The van der Waals surface area contributed by atoms with Gasteiger partial charge in [0.15, 0.2) is 0 Å². The van der Waals surface area contributed by atoms with E-state index >= 15 is 0 Å². The number of benzene rings is 1. The van der Waals surface area contributed by atoms with E-state index in [0.717, 1.165) is 33.6 Å². The van der Waals surface area contributed by atoms with Crippen LogP contribution in [0.4, 0.5) is 4.79 Å². The quantitative estimate of drug-likeness (QED) is 0.610. The summed E-state index contributed by atoms with van der Waals surface area (Å²) in [6.07, 6.45) is 3.55. The summed E-state index contributed by atoms with van der Waals surface area (Å²) < 4.78 is 6.56. The molecule has 7 heteroatoms. The topological polar surface area (TPSA) is 68.6 Å². The molecule has 1 atom stereocenters. The van der Waals surface area contributed by atoms with Crippen molar-refractivity contribution in [3.05, 3.63) is 58.8 Å². The van der Waals surface area contributed by atoms with Crippen LogP contribution in [-0.2, 0) is 14.3 Å². The van der Waals surface area contributed by atoms with Crippen LogP contribution in [0.5, 0.6) is 0 Å². The van der Waals surface area contributed by atoms with Gasteiger partial charge in [-0.25, -0.2) is 4.79 Å². The fraction of sp³-hybridized carbons (Fsp3) is 0.211. The zero-order valence-corrected chi connectivity index (χ0v) is 15.4. The van der Waals surface area contributed by atoms with Crippen LogP contribution in [0.2, 0.25) is 0 Å². The van der Waals surface area contributed by atoms with Gasteiger partial charge in [0.2, 0.25) is 0 Å². The standard InChI is InChI=1S/C19H18N2O4S/c1-12-6-8-14(9-7-12)20-10-4-5-15(20)11-16-17(22)21(19(24)26-16)13(2)18(23)25-3/h4-11,13H,1-3H3/b16-11+/t13-/m0/s1. The maximum Gasteiger partial charge on any atom is 0.328 e. The molecule has 2 heterocycles. The Morgan fingerprint density at radius 2 is 1.88 bits per heavy atom. The predicted molar refractivity (Wildman–Crippen MR) is 99.8 cm³/mol. The van der Waals surface area contributed by atoms with Crippen LogP contribution in [0, 0.1) is 6.92 Å². The van der Waals surface area contributed by atoms with Gasteiger partial charge in [0.1, 0.15) is 6.04 Å². The van der Waals surface area contributed by atoms with Crippen LogP contribution < -0.4 is 0 Å². The number of hydrogen-bond acceptors (Lipinski definition) is 5. The summed E-state index contributed by atoms with van der Waals surface area (Å²) in [6, 6.07) is 10.7. The minimum Gasteiger partial charge on any atom is -0.467 e. The van der Waals surface area contributed by atoms with E-state index in [1.807, 2.05) is 54.1 Å². The lowest BCUT2D eigenvalue weighted by Gasteiger charge is -2.18. The molecule has 2 amide bonds. The Kier molecular flexibility index (Phi) is 4.99. The number of aromatic nitrogens is 1. The Balaban J connectivity index is 1.91. The van der Waals surface area contributed by atoms with Crippen LogP contribution in [0.3, 0.4) is 0 Å². The molecule has 134 valence electrons. The molecule has 0 N–H and O–H groups in total. The second-order valence-electron chi connectivity index (χ2n) is 5.89. The van der Waals surface area contributed by atoms with Gasteiger partial charge in [-0.05, 0) is 56.0 Å². The third-order valence-electron chi connectivity index (χ3n) is 4.12. The fourth-order valence-electron chi connectivity index (χ4n) is 2.68. The number of methoxy groups -OCH3 is 1. The molecule has 0 saturated carbocycles. The molecule has 0 unspecified atom stereocenters. The van der Waals surface area contributed by atoms with Crippen LogP contribution in [-0.4, -0.2) is 39.7 Å². The number of amides is 2. The highest BCUT2D eigenvalue weighted by atomic mass is 32.2. The van der Waals surface area contributed by atoms with Gasteiger partial charge in [-0.1, -0.05) is 17.7 Å². The van der Waals surface area contributed by atoms with E-state index in [2.05, 4.69) is 4.74 Å². The zero-order valence-electron chi connectivity index (χ0n) is 14.6. The number of nitrogens with zero attached hydrogens (tertiary/aromatic N) is 2. The van der Waals surface area contributed by atoms with Crippen molar-refractivity contribution >= 4 is 35.0 Å². The predicted octanol–water partition coefficient (Wildman–Crippen LogP) is 3.38. The molecular weight excluding hydrogens is 352 g/mol. The minimum atomic E-state index is -0.956. The number of carbonyl (C=O) groups is 3. The molecule has 0 bridgehead atoms. The van der Waals surface area contributed by atoms with Gasteiger partial charge in [-0.3, -0.25) is 14.5 Å². The van der Waals surface area contributed by atoms with Crippen molar-refractivity contribution < 1.29 is 19.1 Å². The summed E-state index contributed by atoms with van der Waals surface area (Å²) in [5, 5.41) is -0.479. The van der Waals surface area contributed by atoms with Gasteiger partial charge < -0.3 is 9.30 Å². The number of hydrogen-bond donors (Lipinski definition) is 0. The Labute approximate surface area is 155 Å². The average Bonchev–Trinajstić information content (AvgIpc) is 3.19. The van der Waals surface area contributed by atoms with Gasteiger partial charge in [-0.15, -0.1) is 0 Å². The first-order valence-electron chi connectivity index (χ1n) is 8.01. The normalized spacial score (nSPS) is 17.0. The number of imide groups is 1. The lowest BCUT2D eigenvalue weighted by molar-refractivity contribution is -0.148. The molecule has 1 aromatic carbocycles. The molecule has 0 aliphatic carbocycles. The lowest BCUT2D eigenvalue weighted by Crippen LogP contribution is -2.42. The second-order valence-corrected chi connectivity index (χ2v) is 6.88. The first kappa shape index (κ1) is 18.0. The first-order valence-corrected chi connectivity index (χ1v) is 8.83. The van der Waals surface area contributed by atoms with Crippen LogP contribution in [0.1, 0.15) is 18.2 Å². The van der Waals surface area contributed by atoms with Crippen molar-refractivity contribution in [3.8, 4) is 5.69 Å². The number of aryl methyl sites for hydroxylation is 1. The smallest absolute Gasteiger partial charge is 0.328 e. The van der Waals surface area contributed by atoms with Gasteiger partial charge in [-0.2, -0.15) is 0 Å². The summed E-state index contributed by atoms with van der Waals surface area (Å²) >= 11 is 0.820. The molecule has 1 aliphatic rings. The highest BCUT2D eigenvalue weighted by Gasteiger charge is 2.41. The summed E-state index contributed by atoms with van der Waals surface area (Å²) in [5.74, 6) is -1.12. The maximum absolute atomic E-state index is 12.6. The number of esters is 1. The Bertz CT molecular complexity index is 899. The molecular formula is C19H18N2O4S. The Morgan fingerprint density at radius 1 is 1.19 bits per heavy atom. The van der Waals surface area contributed by atoms with Crippen molar-refractivity contribution in [2.45, 2.75) is 19.9 Å². The monoisotopic (exact) mass is 370 g/mol. The van der Waals surface area contributed by atoms with Crippen molar-refractivity contribution in [3.63, 3.8) is 0 Å². The summed E-state index contributed by atoms with van der Waals surface area (Å²) in [6.45, 7) is 3.49. The highest BCUT2D eigenvalue weighted by molar-refractivity contribution is 8.18. The summed E-state index contributed by atoms with van der Waals surface area (Å²) in [5.41, 5.74) is 2.87. The molecule has 1 aliphatic heterocycles. The van der Waals surface area contributed by atoms with E-state index < -0.39 is 23.2 Å². The highest BCUT2D eigenvalue weighted by Crippen LogP contribution is 2.34. The summed E-state index contributed by atoms with van der Waals surface area (Å²) in [4.78, 5) is 37.7. The molecule has 1 fully saturated rings. The maximum atomic E-state index is 12.6. The van der Waals surface area contributed by atoms with Crippen molar-refractivity contribution in [1.29, 1.82) is 0 Å². The van der Waals surface area contributed by atoms with Gasteiger partial charge in [0.25, 0.3) is 11.1 Å². The van der Waals surface area contributed by atoms with E-state index in [4.69, 9.17) is 0 Å². The van der Waals surface area contributed by atoms with Crippen LogP contribution in [0.15, 0.2) is 47.5 Å². The molecule has 6 nitrogen and oxygen atoms in total. The molecule has 1 aromatic heterocycles. The molecule has 2 aromatic rings. The van der Waals surface area contributed by atoms with Crippen LogP contribution in [0.25, 0.3) is 11.8 Å². The molecule has 26 heavy (non-hydrogen) atoms. The van der Waals surface area contributed by atoms with E-state index in [9.17, 15) is 14.4 Å². The zero-order chi connectivity index (χ0) is 18.8.